The number of nitriles is 1. The predicted molar refractivity (Wildman–Crippen MR) is 80.3 cm³/mol. The van der Waals surface area contributed by atoms with Crippen molar-refractivity contribution in [3.05, 3.63) is 65.0 Å². The largest absolute Gasteiger partial charge is 0.304 e. The van der Waals surface area contributed by atoms with Crippen molar-refractivity contribution in [2.24, 2.45) is 0 Å². The minimum Gasteiger partial charge on any atom is -0.304 e. The van der Waals surface area contributed by atoms with Crippen LogP contribution in [0, 0.1) is 11.3 Å². The van der Waals surface area contributed by atoms with Crippen molar-refractivity contribution in [1.82, 2.24) is 10.3 Å². The molecule has 0 aliphatic carbocycles. The zero-order valence-electron chi connectivity index (χ0n) is 12.4. The Balaban J connectivity index is 2.07. The molecule has 2 rings (SSSR count). The molecule has 0 spiro atoms. The summed E-state index contributed by atoms with van der Waals surface area (Å²) in [6.07, 6.45) is -1.08. The molecule has 22 heavy (non-hydrogen) atoms. The summed E-state index contributed by atoms with van der Waals surface area (Å²) in [4.78, 5) is 3.77. The highest BCUT2D eigenvalue weighted by Gasteiger charge is 2.13. The van der Waals surface area contributed by atoms with Gasteiger partial charge in [-0.1, -0.05) is 18.2 Å². The molecular formula is C17H17F2N3. The van der Waals surface area contributed by atoms with E-state index in [2.05, 4.69) is 16.4 Å². The highest BCUT2D eigenvalue weighted by molar-refractivity contribution is 5.34. The molecule has 0 fully saturated rings. The Morgan fingerprint density at radius 3 is 2.41 bits per heavy atom. The van der Waals surface area contributed by atoms with Crippen molar-refractivity contribution < 1.29 is 8.78 Å². The first-order valence-electron chi connectivity index (χ1n) is 7.01. The van der Waals surface area contributed by atoms with Crippen molar-refractivity contribution in [3.8, 4) is 6.07 Å². The summed E-state index contributed by atoms with van der Waals surface area (Å²) < 4.78 is 25.0. The van der Waals surface area contributed by atoms with Crippen molar-refractivity contribution in [3.63, 3.8) is 0 Å². The molecule has 0 aliphatic rings. The molecular weight excluding hydrogens is 284 g/mol. The summed E-state index contributed by atoms with van der Waals surface area (Å²) in [6, 6.07) is 12.5. The third kappa shape index (κ3) is 3.86. The zero-order valence-corrected chi connectivity index (χ0v) is 12.4. The standard InChI is InChI=1S/C17H17F2N3/c1-11(14-5-3-4-13(8-14)9-20)22-12(2)15-6-7-16(17(18)19)21-10-15/h3-8,10-12,17,22H,1-2H3. The third-order valence-corrected chi connectivity index (χ3v) is 3.55. The molecule has 2 aromatic rings. The lowest BCUT2D eigenvalue weighted by Crippen LogP contribution is -2.22. The van der Waals surface area contributed by atoms with Crippen LogP contribution in [-0.2, 0) is 0 Å². The predicted octanol–water partition coefficient (Wildman–Crippen LogP) is 4.30. The van der Waals surface area contributed by atoms with Gasteiger partial charge in [-0.05, 0) is 43.2 Å². The normalized spacial score (nSPS) is 13.6. The second-order valence-corrected chi connectivity index (χ2v) is 5.16. The van der Waals surface area contributed by atoms with Crippen molar-refractivity contribution in [2.45, 2.75) is 32.4 Å². The van der Waals surface area contributed by atoms with Gasteiger partial charge in [-0.2, -0.15) is 5.26 Å². The molecule has 0 amide bonds. The van der Waals surface area contributed by atoms with E-state index in [9.17, 15) is 8.78 Å². The average Bonchev–Trinajstić information content (AvgIpc) is 2.54. The van der Waals surface area contributed by atoms with Gasteiger partial charge < -0.3 is 5.32 Å². The summed E-state index contributed by atoms with van der Waals surface area (Å²) in [6.45, 7) is 3.94. The number of nitrogens with zero attached hydrogens (tertiary/aromatic N) is 2. The van der Waals surface area contributed by atoms with E-state index < -0.39 is 6.43 Å². The third-order valence-electron chi connectivity index (χ3n) is 3.55. The molecule has 2 unspecified atom stereocenters. The Bertz CT molecular complexity index is 662. The van der Waals surface area contributed by atoms with Gasteiger partial charge >= 0.3 is 0 Å². The molecule has 0 aliphatic heterocycles. The molecule has 1 N–H and O–H groups in total. The monoisotopic (exact) mass is 301 g/mol. The molecule has 0 radical (unpaired) electrons. The molecule has 2 atom stereocenters. The maximum Gasteiger partial charge on any atom is 0.280 e. The Kier molecular flexibility index (Phi) is 5.18. The first-order valence-corrected chi connectivity index (χ1v) is 7.01. The van der Waals surface area contributed by atoms with Gasteiger partial charge in [-0.25, -0.2) is 8.78 Å². The lowest BCUT2D eigenvalue weighted by Gasteiger charge is -2.21. The lowest BCUT2D eigenvalue weighted by molar-refractivity contribution is 0.146. The smallest absolute Gasteiger partial charge is 0.280 e. The molecule has 1 aromatic carbocycles. The fourth-order valence-electron chi connectivity index (χ4n) is 2.25. The minimum atomic E-state index is -2.55. The maximum absolute atomic E-state index is 12.5. The maximum atomic E-state index is 12.5. The van der Waals surface area contributed by atoms with Gasteiger partial charge in [0.1, 0.15) is 5.69 Å². The molecule has 3 nitrogen and oxygen atoms in total. The second kappa shape index (κ2) is 7.10. The molecule has 1 heterocycles. The van der Waals surface area contributed by atoms with E-state index >= 15 is 0 Å². The highest BCUT2D eigenvalue weighted by atomic mass is 19.3. The summed E-state index contributed by atoms with van der Waals surface area (Å²) in [5.74, 6) is 0. The van der Waals surface area contributed by atoms with Crippen LogP contribution in [0.15, 0.2) is 42.6 Å². The van der Waals surface area contributed by atoms with Crippen molar-refractivity contribution in [2.75, 3.05) is 0 Å². The van der Waals surface area contributed by atoms with Gasteiger partial charge in [0.15, 0.2) is 0 Å². The number of nitrogens with one attached hydrogen (secondary N) is 1. The average molecular weight is 301 g/mol. The first-order chi connectivity index (χ1) is 10.5. The number of benzene rings is 1. The Labute approximate surface area is 128 Å². The van der Waals surface area contributed by atoms with Crippen LogP contribution in [0.3, 0.4) is 0 Å². The van der Waals surface area contributed by atoms with Crippen LogP contribution in [0.5, 0.6) is 0 Å². The number of halogens is 2. The van der Waals surface area contributed by atoms with Crippen LogP contribution in [0.25, 0.3) is 0 Å². The highest BCUT2D eigenvalue weighted by Crippen LogP contribution is 2.22. The van der Waals surface area contributed by atoms with Crippen LogP contribution in [0.2, 0.25) is 0 Å². The van der Waals surface area contributed by atoms with Gasteiger partial charge in [0, 0.05) is 18.3 Å². The van der Waals surface area contributed by atoms with E-state index in [0.29, 0.717) is 5.56 Å². The summed E-state index contributed by atoms with van der Waals surface area (Å²) in [5, 5.41) is 12.3. The summed E-state index contributed by atoms with van der Waals surface area (Å²) in [7, 11) is 0. The number of rotatable bonds is 5. The van der Waals surface area contributed by atoms with Crippen LogP contribution in [0.1, 0.15) is 54.7 Å². The van der Waals surface area contributed by atoms with Gasteiger partial charge in [0.2, 0.25) is 0 Å². The van der Waals surface area contributed by atoms with E-state index in [4.69, 9.17) is 5.26 Å². The fourth-order valence-corrected chi connectivity index (χ4v) is 2.25. The van der Waals surface area contributed by atoms with E-state index in [1.807, 2.05) is 32.0 Å². The number of pyridine rings is 1. The SMILES string of the molecule is CC(NC(C)c1cccc(C#N)c1)c1ccc(C(F)F)nc1. The van der Waals surface area contributed by atoms with E-state index in [-0.39, 0.29) is 17.8 Å². The van der Waals surface area contributed by atoms with E-state index in [1.54, 1.807) is 12.1 Å². The van der Waals surface area contributed by atoms with Gasteiger partial charge in [-0.3, -0.25) is 4.98 Å². The fraction of sp³-hybridized carbons (Fsp3) is 0.294. The van der Waals surface area contributed by atoms with E-state index in [0.717, 1.165) is 11.1 Å². The summed E-state index contributed by atoms with van der Waals surface area (Å²) in [5.41, 5.74) is 2.24. The Hall–Kier alpha value is -2.32. The molecule has 1 aromatic heterocycles. The molecule has 0 saturated carbocycles. The Morgan fingerprint density at radius 2 is 1.82 bits per heavy atom. The van der Waals surface area contributed by atoms with Crippen LogP contribution < -0.4 is 5.32 Å². The van der Waals surface area contributed by atoms with Gasteiger partial charge in [0.05, 0.1) is 11.6 Å². The van der Waals surface area contributed by atoms with Crippen LogP contribution >= 0.6 is 0 Å². The minimum absolute atomic E-state index is 0.0260. The lowest BCUT2D eigenvalue weighted by atomic mass is 10.0. The van der Waals surface area contributed by atoms with Crippen molar-refractivity contribution in [1.29, 1.82) is 5.26 Å². The zero-order chi connectivity index (χ0) is 16.1. The summed E-state index contributed by atoms with van der Waals surface area (Å²) >= 11 is 0. The van der Waals surface area contributed by atoms with Crippen molar-refractivity contribution >= 4 is 0 Å². The topological polar surface area (TPSA) is 48.7 Å². The number of hydrogen-bond donors (Lipinski definition) is 1. The Morgan fingerprint density at radius 1 is 1.09 bits per heavy atom. The number of aromatic nitrogens is 1. The molecule has 114 valence electrons. The quantitative estimate of drug-likeness (QED) is 0.895. The molecule has 0 saturated heterocycles. The number of hydrogen-bond acceptors (Lipinski definition) is 3. The van der Waals surface area contributed by atoms with Gasteiger partial charge in [0.25, 0.3) is 6.43 Å². The molecule has 0 bridgehead atoms. The molecule has 5 heteroatoms. The van der Waals surface area contributed by atoms with Crippen LogP contribution in [0.4, 0.5) is 8.78 Å². The number of alkyl halides is 2. The van der Waals surface area contributed by atoms with Crippen LogP contribution in [-0.4, -0.2) is 4.98 Å². The second-order valence-electron chi connectivity index (χ2n) is 5.16. The van der Waals surface area contributed by atoms with Gasteiger partial charge in [-0.15, -0.1) is 0 Å². The first kappa shape index (κ1) is 16.1. The van der Waals surface area contributed by atoms with E-state index in [1.165, 1.54) is 12.3 Å².